The van der Waals surface area contributed by atoms with Crippen LogP contribution in [0.2, 0.25) is 0 Å². The summed E-state index contributed by atoms with van der Waals surface area (Å²) in [6, 6.07) is 15.0. The SMILES string of the molecule is CCCCc1ccc(N=C2NC(=O)/C(=C(\C)c3ccc(O)cc3)S2)cc1. The molecule has 1 amide bonds. The molecule has 0 unspecified atom stereocenters. The van der Waals surface area contributed by atoms with Crippen LogP contribution in [0, 0.1) is 0 Å². The van der Waals surface area contributed by atoms with E-state index in [0.717, 1.165) is 23.2 Å². The van der Waals surface area contributed by atoms with E-state index in [4.69, 9.17) is 0 Å². The Bertz CT molecular complexity index is 853. The van der Waals surface area contributed by atoms with Crippen molar-refractivity contribution >= 4 is 34.1 Å². The molecular weight excluding hydrogens is 344 g/mol. The predicted molar refractivity (Wildman–Crippen MR) is 109 cm³/mol. The molecule has 0 aliphatic carbocycles. The highest BCUT2D eigenvalue weighted by Crippen LogP contribution is 2.33. The van der Waals surface area contributed by atoms with E-state index in [-0.39, 0.29) is 11.7 Å². The lowest BCUT2D eigenvalue weighted by molar-refractivity contribution is -0.115. The summed E-state index contributed by atoms with van der Waals surface area (Å²) in [6.07, 6.45) is 3.45. The van der Waals surface area contributed by atoms with E-state index in [9.17, 15) is 9.90 Å². The van der Waals surface area contributed by atoms with Gasteiger partial charge in [-0.2, -0.15) is 0 Å². The van der Waals surface area contributed by atoms with Crippen LogP contribution in [0.15, 0.2) is 58.4 Å². The highest BCUT2D eigenvalue weighted by molar-refractivity contribution is 8.18. The van der Waals surface area contributed by atoms with Crippen LogP contribution >= 0.6 is 11.8 Å². The summed E-state index contributed by atoms with van der Waals surface area (Å²) >= 11 is 1.35. The van der Waals surface area contributed by atoms with Gasteiger partial charge in [0.15, 0.2) is 5.17 Å². The molecule has 0 atom stereocenters. The summed E-state index contributed by atoms with van der Waals surface area (Å²) in [5, 5.41) is 12.8. The summed E-state index contributed by atoms with van der Waals surface area (Å²) in [5.41, 5.74) is 3.91. The van der Waals surface area contributed by atoms with Gasteiger partial charge in [0.2, 0.25) is 0 Å². The minimum atomic E-state index is -0.140. The van der Waals surface area contributed by atoms with Gasteiger partial charge in [-0.05, 0) is 72.5 Å². The van der Waals surface area contributed by atoms with Crippen molar-refractivity contribution in [2.75, 3.05) is 0 Å². The Morgan fingerprint density at radius 3 is 2.46 bits per heavy atom. The molecule has 0 saturated carbocycles. The molecule has 2 aromatic carbocycles. The summed E-state index contributed by atoms with van der Waals surface area (Å²) in [7, 11) is 0. The lowest BCUT2D eigenvalue weighted by Gasteiger charge is -2.03. The molecule has 1 fully saturated rings. The Balaban J connectivity index is 1.77. The summed E-state index contributed by atoms with van der Waals surface area (Å²) < 4.78 is 0. The van der Waals surface area contributed by atoms with E-state index in [1.807, 2.05) is 19.1 Å². The average Bonchev–Trinajstić information content (AvgIpc) is 3.01. The van der Waals surface area contributed by atoms with Crippen LogP contribution in [0.3, 0.4) is 0 Å². The van der Waals surface area contributed by atoms with Crippen LogP contribution in [0.1, 0.15) is 37.8 Å². The summed E-state index contributed by atoms with van der Waals surface area (Å²) in [6.45, 7) is 4.09. The van der Waals surface area contributed by atoms with Crippen molar-refractivity contribution < 1.29 is 9.90 Å². The molecule has 0 spiro atoms. The van der Waals surface area contributed by atoms with Crippen molar-refractivity contribution in [2.24, 2.45) is 4.99 Å². The van der Waals surface area contributed by atoms with Crippen LogP contribution in [0.5, 0.6) is 5.75 Å². The first-order valence-corrected chi connectivity index (χ1v) is 9.55. The van der Waals surface area contributed by atoms with Gasteiger partial charge >= 0.3 is 0 Å². The number of rotatable bonds is 5. The molecule has 1 saturated heterocycles. The van der Waals surface area contributed by atoms with E-state index in [2.05, 4.69) is 29.4 Å². The molecule has 134 valence electrons. The fourth-order valence-electron chi connectivity index (χ4n) is 2.70. The molecular formula is C21H22N2O2S. The van der Waals surface area contributed by atoms with Crippen molar-refractivity contribution in [2.45, 2.75) is 33.1 Å². The second kappa shape index (κ2) is 8.23. The van der Waals surface area contributed by atoms with E-state index in [0.29, 0.717) is 10.1 Å². The van der Waals surface area contributed by atoms with Gasteiger partial charge in [-0.25, -0.2) is 4.99 Å². The summed E-state index contributed by atoms with van der Waals surface area (Å²) in [5.74, 6) is 0.0682. The first-order valence-electron chi connectivity index (χ1n) is 8.74. The van der Waals surface area contributed by atoms with Gasteiger partial charge in [0.1, 0.15) is 5.75 Å². The van der Waals surface area contributed by atoms with Gasteiger partial charge < -0.3 is 10.4 Å². The molecule has 0 bridgehead atoms. The lowest BCUT2D eigenvalue weighted by Crippen LogP contribution is -2.19. The van der Waals surface area contributed by atoms with Crippen LogP contribution in [0.4, 0.5) is 5.69 Å². The van der Waals surface area contributed by atoms with Crippen molar-refractivity contribution in [1.29, 1.82) is 0 Å². The number of unbranched alkanes of at least 4 members (excludes halogenated alkanes) is 1. The zero-order chi connectivity index (χ0) is 18.5. The Kier molecular flexibility index (Phi) is 5.78. The van der Waals surface area contributed by atoms with Crippen molar-refractivity contribution in [1.82, 2.24) is 5.32 Å². The monoisotopic (exact) mass is 366 g/mol. The molecule has 3 rings (SSSR count). The molecule has 2 N–H and O–H groups in total. The van der Waals surface area contributed by atoms with Crippen molar-refractivity contribution in [3.8, 4) is 5.75 Å². The normalized spacial score (nSPS) is 17.5. The largest absolute Gasteiger partial charge is 0.508 e. The molecule has 0 aromatic heterocycles. The second-order valence-corrected chi connectivity index (χ2v) is 7.24. The predicted octanol–water partition coefficient (Wildman–Crippen LogP) is 5.02. The number of amidine groups is 1. The minimum Gasteiger partial charge on any atom is -0.508 e. The smallest absolute Gasteiger partial charge is 0.264 e. The standard InChI is InChI=1S/C21H22N2O2S/c1-3-4-5-15-6-10-17(11-7-15)22-21-23-20(25)19(26-21)14(2)16-8-12-18(24)13-9-16/h6-13,24H,3-5H2,1-2H3,(H,22,23,25)/b19-14-. The van der Waals surface area contributed by atoms with E-state index >= 15 is 0 Å². The number of carbonyl (C=O) groups excluding carboxylic acids is 1. The number of phenolic OH excluding ortho intramolecular Hbond substituents is 1. The number of phenols is 1. The Morgan fingerprint density at radius 1 is 1.12 bits per heavy atom. The maximum absolute atomic E-state index is 12.3. The van der Waals surface area contributed by atoms with Gasteiger partial charge in [0.25, 0.3) is 5.91 Å². The number of aliphatic imine (C=N–C) groups is 1. The minimum absolute atomic E-state index is 0.140. The average molecular weight is 366 g/mol. The zero-order valence-corrected chi connectivity index (χ0v) is 15.8. The molecule has 5 heteroatoms. The Labute approximate surface area is 158 Å². The van der Waals surface area contributed by atoms with Gasteiger partial charge in [0.05, 0.1) is 10.6 Å². The third-order valence-corrected chi connectivity index (χ3v) is 5.33. The maximum Gasteiger partial charge on any atom is 0.264 e. The number of aromatic hydroxyl groups is 1. The topological polar surface area (TPSA) is 61.7 Å². The van der Waals surface area contributed by atoms with E-state index in [1.54, 1.807) is 24.3 Å². The Hall–Kier alpha value is -2.53. The number of aryl methyl sites for hydroxylation is 1. The number of nitrogens with one attached hydrogen (secondary N) is 1. The number of hydrogen-bond acceptors (Lipinski definition) is 4. The molecule has 1 aliphatic rings. The first kappa shape index (κ1) is 18.3. The number of benzene rings is 2. The molecule has 1 heterocycles. The van der Waals surface area contributed by atoms with Gasteiger partial charge in [0, 0.05) is 0 Å². The van der Waals surface area contributed by atoms with Crippen molar-refractivity contribution in [3.63, 3.8) is 0 Å². The number of allylic oxidation sites excluding steroid dienone is 1. The maximum atomic E-state index is 12.3. The zero-order valence-electron chi connectivity index (χ0n) is 15.0. The van der Waals surface area contributed by atoms with Crippen LogP contribution in [0.25, 0.3) is 5.57 Å². The fraction of sp³-hybridized carbons (Fsp3) is 0.238. The van der Waals surface area contributed by atoms with Crippen molar-refractivity contribution in [3.05, 3.63) is 64.6 Å². The fourth-order valence-corrected chi connectivity index (χ4v) is 3.60. The van der Waals surface area contributed by atoms with E-state index < -0.39 is 0 Å². The molecule has 0 radical (unpaired) electrons. The quantitative estimate of drug-likeness (QED) is 0.731. The van der Waals surface area contributed by atoms with Gasteiger partial charge in [-0.1, -0.05) is 37.6 Å². The second-order valence-electron chi connectivity index (χ2n) is 6.24. The summed E-state index contributed by atoms with van der Waals surface area (Å²) in [4.78, 5) is 17.5. The number of carbonyl (C=O) groups is 1. The number of nitrogens with zero attached hydrogens (tertiary/aromatic N) is 1. The first-order chi connectivity index (χ1) is 12.6. The Morgan fingerprint density at radius 2 is 1.81 bits per heavy atom. The molecule has 1 aliphatic heterocycles. The van der Waals surface area contributed by atoms with E-state index in [1.165, 1.54) is 30.2 Å². The van der Waals surface area contributed by atoms with Gasteiger partial charge in [-0.15, -0.1) is 0 Å². The molecule has 26 heavy (non-hydrogen) atoms. The van der Waals surface area contributed by atoms with Crippen LogP contribution < -0.4 is 5.32 Å². The van der Waals surface area contributed by atoms with Crippen LogP contribution in [-0.4, -0.2) is 16.2 Å². The number of thioether (sulfide) groups is 1. The highest BCUT2D eigenvalue weighted by atomic mass is 32.2. The highest BCUT2D eigenvalue weighted by Gasteiger charge is 2.26. The number of hydrogen-bond donors (Lipinski definition) is 2. The third-order valence-electron chi connectivity index (χ3n) is 4.25. The molecule has 2 aromatic rings. The molecule has 4 nitrogen and oxygen atoms in total. The van der Waals surface area contributed by atoms with Gasteiger partial charge in [-0.3, -0.25) is 4.79 Å². The van der Waals surface area contributed by atoms with Crippen LogP contribution in [-0.2, 0) is 11.2 Å². The third kappa shape index (κ3) is 4.35. The lowest BCUT2D eigenvalue weighted by atomic mass is 10.1. The number of amides is 1.